The second-order valence-corrected chi connectivity index (χ2v) is 15.5. The van der Waals surface area contributed by atoms with E-state index < -0.39 is 0 Å². The summed E-state index contributed by atoms with van der Waals surface area (Å²) in [4.78, 5) is 7.36. The highest BCUT2D eigenvalue weighted by Crippen LogP contribution is 2.47. The first-order valence-electron chi connectivity index (χ1n) is 20.6. The maximum Gasteiger partial charge on any atom is 0.227 e. The standard InChI is InChI=1S/C57H36N2O2/c1-4-13-37(14-5-1)39-25-29-46(30-26-39)59(47-31-27-42-33-41(23-24-43(42)34-47)38-15-6-2-7-16-38)51-36-44-19-10-11-20-48(44)54-50-35-45(28-32-52(50)60-56(51)54)49-21-12-22-53-55(49)58-57(61-53)40-17-8-3-9-18-40/h1-36H. The first-order valence-corrected chi connectivity index (χ1v) is 20.6. The molecule has 0 aliphatic heterocycles. The monoisotopic (exact) mass is 780 g/mol. The molecule has 0 fully saturated rings. The van der Waals surface area contributed by atoms with E-state index in [2.05, 4.69) is 181 Å². The van der Waals surface area contributed by atoms with Crippen LogP contribution in [0.3, 0.4) is 0 Å². The molecule has 0 atom stereocenters. The third-order valence-electron chi connectivity index (χ3n) is 11.9. The Balaban J connectivity index is 1.06. The van der Waals surface area contributed by atoms with Crippen molar-refractivity contribution in [1.29, 1.82) is 0 Å². The molecule has 0 amide bonds. The smallest absolute Gasteiger partial charge is 0.227 e. The van der Waals surface area contributed by atoms with Crippen LogP contribution in [0.4, 0.5) is 17.1 Å². The molecule has 10 aromatic carbocycles. The summed E-state index contributed by atoms with van der Waals surface area (Å²) in [5, 5.41) is 6.72. The number of aromatic nitrogens is 1. The van der Waals surface area contributed by atoms with Gasteiger partial charge in [-0.3, -0.25) is 0 Å². The quantitative estimate of drug-likeness (QED) is 0.162. The molecule has 0 spiro atoms. The van der Waals surface area contributed by atoms with Crippen LogP contribution in [0.1, 0.15) is 0 Å². The summed E-state index contributed by atoms with van der Waals surface area (Å²) in [5.74, 6) is 0.607. The lowest BCUT2D eigenvalue weighted by molar-refractivity contribution is 0.620. The van der Waals surface area contributed by atoms with Crippen LogP contribution in [-0.2, 0) is 0 Å². The Morgan fingerprint density at radius 3 is 1.77 bits per heavy atom. The van der Waals surface area contributed by atoms with Gasteiger partial charge in [-0.25, -0.2) is 4.98 Å². The Morgan fingerprint density at radius 1 is 0.361 bits per heavy atom. The van der Waals surface area contributed by atoms with Gasteiger partial charge in [0.15, 0.2) is 11.2 Å². The number of nitrogens with zero attached hydrogens (tertiary/aromatic N) is 2. The molecule has 0 N–H and O–H groups in total. The van der Waals surface area contributed by atoms with Gasteiger partial charge in [-0.15, -0.1) is 0 Å². The van der Waals surface area contributed by atoms with Crippen molar-refractivity contribution in [3.8, 4) is 44.8 Å². The minimum atomic E-state index is 0.607. The van der Waals surface area contributed by atoms with Gasteiger partial charge in [0.2, 0.25) is 5.89 Å². The highest BCUT2D eigenvalue weighted by Gasteiger charge is 2.23. The van der Waals surface area contributed by atoms with E-state index in [0.717, 1.165) is 88.5 Å². The zero-order valence-electron chi connectivity index (χ0n) is 33.0. The fourth-order valence-corrected chi connectivity index (χ4v) is 8.87. The second-order valence-electron chi connectivity index (χ2n) is 15.5. The van der Waals surface area contributed by atoms with Crippen molar-refractivity contribution in [3.05, 3.63) is 218 Å². The van der Waals surface area contributed by atoms with Crippen molar-refractivity contribution >= 4 is 71.6 Å². The van der Waals surface area contributed by atoms with Crippen molar-refractivity contribution < 1.29 is 8.83 Å². The highest BCUT2D eigenvalue weighted by molar-refractivity contribution is 6.23. The molecule has 0 aliphatic carbocycles. The topological polar surface area (TPSA) is 42.4 Å². The molecule has 0 unspecified atom stereocenters. The summed E-state index contributed by atoms with van der Waals surface area (Å²) in [7, 11) is 0. The van der Waals surface area contributed by atoms with Crippen LogP contribution in [0.15, 0.2) is 227 Å². The molecule has 61 heavy (non-hydrogen) atoms. The Bertz CT molecular complexity index is 3570. The largest absolute Gasteiger partial charge is 0.454 e. The van der Waals surface area contributed by atoms with Crippen molar-refractivity contribution in [3.63, 3.8) is 0 Å². The Kier molecular flexibility index (Phi) is 8.13. The van der Waals surface area contributed by atoms with Crippen LogP contribution in [0.25, 0.3) is 99.4 Å². The minimum Gasteiger partial charge on any atom is -0.454 e. The van der Waals surface area contributed by atoms with Crippen LogP contribution in [0.5, 0.6) is 0 Å². The van der Waals surface area contributed by atoms with Crippen LogP contribution in [0, 0.1) is 0 Å². The first kappa shape index (κ1) is 34.8. The summed E-state index contributed by atoms with van der Waals surface area (Å²) >= 11 is 0. The van der Waals surface area contributed by atoms with E-state index in [0.29, 0.717) is 5.89 Å². The number of oxazole rings is 1. The molecule has 12 rings (SSSR count). The van der Waals surface area contributed by atoms with Gasteiger partial charge in [0.05, 0.1) is 5.69 Å². The number of benzene rings is 10. The predicted molar refractivity (Wildman–Crippen MR) is 253 cm³/mol. The minimum absolute atomic E-state index is 0.607. The lowest BCUT2D eigenvalue weighted by Gasteiger charge is -2.26. The average Bonchev–Trinajstić information content (AvgIpc) is 3.95. The van der Waals surface area contributed by atoms with Gasteiger partial charge in [-0.2, -0.15) is 0 Å². The number of rotatable bonds is 7. The molecule has 0 bridgehead atoms. The fourth-order valence-electron chi connectivity index (χ4n) is 8.87. The maximum atomic E-state index is 7.03. The molecule has 4 heteroatoms. The van der Waals surface area contributed by atoms with Gasteiger partial charge in [0.25, 0.3) is 0 Å². The van der Waals surface area contributed by atoms with Crippen LogP contribution < -0.4 is 4.90 Å². The molecule has 2 heterocycles. The summed E-state index contributed by atoms with van der Waals surface area (Å²) in [6.07, 6.45) is 0. The van der Waals surface area contributed by atoms with E-state index in [1.54, 1.807) is 0 Å². The number of fused-ring (bicyclic) bond motifs is 7. The van der Waals surface area contributed by atoms with Crippen molar-refractivity contribution in [2.24, 2.45) is 0 Å². The van der Waals surface area contributed by atoms with Crippen molar-refractivity contribution in [1.82, 2.24) is 4.98 Å². The SMILES string of the molecule is c1ccc(-c2ccc(N(c3ccc4cc(-c5ccccc5)ccc4c3)c3cc4ccccc4c4c3oc3ccc(-c5cccc6oc(-c7ccccc7)nc56)cc34)cc2)cc1. The number of anilines is 3. The maximum absolute atomic E-state index is 7.03. The van der Waals surface area contributed by atoms with E-state index in [-0.39, 0.29) is 0 Å². The Hall–Kier alpha value is -8.21. The Morgan fingerprint density at radius 2 is 0.984 bits per heavy atom. The van der Waals surface area contributed by atoms with E-state index in [1.807, 2.05) is 42.5 Å². The van der Waals surface area contributed by atoms with E-state index in [4.69, 9.17) is 13.8 Å². The zero-order valence-corrected chi connectivity index (χ0v) is 33.0. The molecule has 0 saturated heterocycles. The molecule has 0 saturated carbocycles. The van der Waals surface area contributed by atoms with E-state index in [9.17, 15) is 0 Å². The van der Waals surface area contributed by atoms with Crippen LogP contribution in [-0.4, -0.2) is 4.98 Å². The Labute approximate surface area is 352 Å². The fraction of sp³-hybridized carbons (Fsp3) is 0. The van der Waals surface area contributed by atoms with Gasteiger partial charge < -0.3 is 13.7 Å². The van der Waals surface area contributed by atoms with Gasteiger partial charge in [0.1, 0.15) is 11.1 Å². The van der Waals surface area contributed by atoms with Crippen LogP contribution in [0.2, 0.25) is 0 Å². The predicted octanol–water partition coefficient (Wildman–Crippen LogP) is 16.2. The van der Waals surface area contributed by atoms with Crippen molar-refractivity contribution in [2.45, 2.75) is 0 Å². The lowest BCUT2D eigenvalue weighted by Crippen LogP contribution is -2.10. The summed E-state index contributed by atoms with van der Waals surface area (Å²) in [5.41, 5.74) is 14.0. The van der Waals surface area contributed by atoms with Gasteiger partial charge >= 0.3 is 0 Å². The first-order chi connectivity index (χ1) is 30.2. The third-order valence-corrected chi connectivity index (χ3v) is 11.9. The highest BCUT2D eigenvalue weighted by atomic mass is 16.3. The van der Waals surface area contributed by atoms with E-state index >= 15 is 0 Å². The van der Waals surface area contributed by atoms with Crippen molar-refractivity contribution in [2.75, 3.05) is 4.90 Å². The molecule has 286 valence electrons. The van der Waals surface area contributed by atoms with Gasteiger partial charge in [0, 0.05) is 33.3 Å². The molecular formula is C57H36N2O2. The number of furan rings is 1. The third kappa shape index (κ3) is 6.04. The van der Waals surface area contributed by atoms with E-state index in [1.165, 1.54) is 22.1 Å². The zero-order chi connectivity index (χ0) is 40.3. The summed E-state index contributed by atoms with van der Waals surface area (Å²) in [6, 6.07) is 77.0. The lowest BCUT2D eigenvalue weighted by atomic mass is 9.98. The number of hydrogen-bond acceptors (Lipinski definition) is 4. The molecule has 0 radical (unpaired) electrons. The molecule has 0 aliphatic rings. The normalized spacial score (nSPS) is 11.6. The molecular weight excluding hydrogens is 745 g/mol. The summed E-state index contributed by atoms with van der Waals surface area (Å²) in [6.45, 7) is 0. The van der Waals surface area contributed by atoms with Gasteiger partial charge in [-0.1, -0.05) is 152 Å². The number of para-hydroxylation sites is 1. The average molecular weight is 781 g/mol. The molecule has 2 aromatic heterocycles. The second kappa shape index (κ2) is 14.3. The summed E-state index contributed by atoms with van der Waals surface area (Å²) < 4.78 is 13.3. The number of hydrogen-bond donors (Lipinski definition) is 0. The van der Waals surface area contributed by atoms with Gasteiger partial charge in [-0.05, 0) is 116 Å². The van der Waals surface area contributed by atoms with Crippen LogP contribution >= 0.6 is 0 Å². The molecule has 12 aromatic rings. The molecule has 4 nitrogen and oxygen atoms in total.